The van der Waals surface area contributed by atoms with Gasteiger partial charge in [0.2, 0.25) is 0 Å². The molecule has 0 saturated heterocycles. The highest BCUT2D eigenvalue weighted by molar-refractivity contribution is 14.0. The Kier molecular flexibility index (Phi) is 10.5. The summed E-state index contributed by atoms with van der Waals surface area (Å²) < 4.78 is 7.92. The van der Waals surface area contributed by atoms with E-state index in [2.05, 4.69) is 30.4 Å². The summed E-state index contributed by atoms with van der Waals surface area (Å²) in [5.74, 6) is 3.37. The van der Waals surface area contributed by atoms with Crippen LogP contribution in [0.5, 0.6) is 5.75 Å². The van der Waals surface area contributed by atoms with E-state index >= 15 is 0 Å². The molecular formula is C22H35IN6O2. The molecular weight excluding hydrogens is 507 g/mol. The Morgan fingerprint density at radius 1 is 1.23 bits per heavy atom. The number of aliphatic hydroxyl groups excluding tert-OH is 1. The van der Waals surface area contributed by atoms with Gasteiger partial charge in [-0.25, -0.2) is 4.99 Å². The van der Waals surface area contributed by atoms with Crippen molar-refractivity contribution in [2.75, 3.05) is 13.1 Å². The van der Waals surface area contributed by atoms with Crippen molar-refractivity contribution < 1.29 is 9.84 Å². The topological polar surface area (TPSA) is 96.6 Å². The molecule has 172 valence electrons. The molecule has 2 aromatic rings. The number of halogens is 1. The van der Waals surface area contributed by atoms with E-state index in [0.29, 0.717) is 19.0 Å². The lowest BCUT2D eigenvalue weighted by Gasteiger charge is -2.17. The number of aryl methyl sites for hydroxylation is 1. The van der Waals surface area contributed by atoms with Crippen molar-refractivity contribution in [3.8, 4) is 5.75 Å². The molecule has 0 amide bonds. The molecule has 0 bridgehead atoms. The van der Waals surface area contributed by atoms with Gasteiger partial charge in [-0.3, -0.25) is 0 Å². The molecule has 9 heteroatoms. The Hall–Kier alpha value is -1.88. The zero-order chi connectivity index (χ0) is 21.3. The van der Waals surface area contributed by atoms with Gasteiger partial charge in [-0.2, -0.15) is 0 Å². The van der Waals surface area contributed by atoms with E-state index in [9.17, 15) is 5.11 Å². The average molecular weight is 542 g/mol. The number of hydrogen-bond donors (Lipinski definition) is 3. The van der Waals surface area contributed by atoms with Crippen molar-refractivity contribution in [1.82, 2.24) is 25.4 Å². The van der Waals surface area contributed by atoms with Gasteiger partial charge in [-0.05, 0) is 51.3 Å². The van der Waals surface area contributed by atoms with Gasteiger partial charge < -0.3 is 25.0 Å². The van der Waals surface area contributed by atoms with Gasteiger partial charge in [-0.15, -0.1) is 34.2 Å². The monoisotopic (exact) mass is 542 g/mol. The summed E-state index contributed by atoms with van der Waals surface area (Å²) in [6.45, 7) is 8.48. The molecule has 0 radical (unpaired) electrons. The minimum absolute atomic E-state index is 0. The highest BCUT2D eigenvalue weighted by Gasteiger charge is 2.15. The zero-order valence-electron chi connectivity index (χ0n) is 18.7. The van der Waals surface area contributed by atoms with Crippen LogP contribution in [0.3, 0.4) is 0 Å². The standard InChI is InChI=1S/C22H34N6O2.HI/c1-4-23-22(25-15-21-27-26-20-11-6-5-7-12-28(20)21)24-14-19(29)17-9-8-10-18(13-17)30-16(2)3;/h8-10,13,16,19,29H,4-7,11-12,14-15H2,1-3H3,(H2,23,24,25);1H. The van der Waals surface area contributed by atoms with Gasteiger partial charge in [0.25, 0.3) is 0 Å². The molecule has 0 fully saturated rings. The van der Waals surface area contributed by atoms with E-state index in [1.165, 1.54) is 12.8 Å². The molecule has 0 aliphatic carbocycles. The minimum atomic E-state index is -0.672. The normalized spacial score (nSPS) is 14.9. The fourth-order valence-electron chi connectivity index (χ4n) is 3.53. The van der Waals surface area contributed by atoms with Crippen LogP contribution in [0.4, 0.5) is 0 Å². The molecule has 1 aromatic heterocycles. The van der Waals surface area contributed by atoms with E-state index in [1.54, 1.807) is 0 Å². The van der Waals surface area contributed by atoms with Crippen LogP contribution in [0.2, 0.25) is 0 Å². The Morgan fingerprint density at radius 3 is 2.84 bits per heavy atom. The number of hydrogen-bond acceptors (Lipinski definition) is 5. The van der Waals surface area contributed by atoms with Crippen LogP contribution in [0.1, 0.15) is 63.3 Å². The Morgan fingerprint density at radius 2 is 2.06 bits per heavy atom. The first-order chi connectivity index (χ1) is 14.6. The first-order valence-corrected chi connectivity index (χ1v) is 10.9. The molecule has 2 heterocycles. The predicted octanol–water partition coefficient (Wildman–Crippen LogP) is 3.20. The van der Waals surface area contributed by atoms with E-state index in [-0.39, 0.29) is 30.1 Å². The van der Waals surface area contributed by atoms with Crippen molar-refractivity contribution in [1.29, 1.82) is 0 Å². The fraction of sp³-hybridized carbons (Fsp3) is 0.591. The van der Waals surface area contributed by atoms with Crippen LogP contribution in [0, 0.1) is 0 Å². The number of aromatic nitrogens is 3. The molecule has 3 rings (SSSR count). The lowest BCUT2D eigenvalue weighted by atomic mass is 10.1. The number of guanidine groups is 1. The number of nitrogens with zero attached hydrogens (tertiary/aromatic N) is 4. The van der Waals surface area contributed by atoms with Crippen molar-refractivity contribution in [3.05, 3.63) is 41.5 Å². The smallest absolute Gasteiger partial charge is 0.191 e. The van der Waals surface area contributed by atoms with E-state index in [0.717, 1.165) is 48.9 Å². The van der Waals surface area contributed by atoms with Gasteiger partial charge in [0.15, 0.2) is 11.8 Å². The van der Waals surface area contributed by atoms with Gasteiger partial charge >= 0.3 is 0 Å². The van der Waals surface area contributed by atoms with Gasteiger partial charge in [-0.1, -0.05) is 18.6 Å². The molecule has 1 atom stereocenters. The SMILES string of the molecule is CCNC(=NCc1nnc2n1CCCCC2)NCC(O)c1cccc(OC(C)C)c1.I. The summed E-state index contributed by atoms with van der Waals surface area (Å²) in [5.41, 5.74) is 0.805. The number of rotatable bonds is 8. The maximum atomic E-state index is 10.6. The van der Waals surface area contributed by atoms with E-state index in [4.69, 9.17) is 4.74 Å². The van der Waals surface area contributed by atoms with Crippen LogP contribution < -0.4 is 15.4 Å². The quantitative estimate of drug-likeness (QED) is 0.270. The third kappa shape index (κ3) is 7.64. The first kappa shape index (κ1) is 25.4. The first-order valence-electron chi connectivity index (χ1n) is 10.9. The largest absolute Gasteiger partial charge is 0.491 e. The number of fused-ring (bicyclic) bond motifs is 1. The van der Waals surface area contributed by atoms with Gasteiger partial charge in [0.1, 0.15) is 18.1 Å². The minimum Gasteiger partial charge on any atom is -0.491 e. The summed E-state index contributed by atoms with van der Waals surface area (Å²) in [6.07, 6.45) is 3.97. The summed E-state index contributed by atoms with van der Waals surface area (Å²) in [5, 5.41) is 25.7. The molecule has 1 aliphatic heterocycles. The number of aliphatic imine (C=N–C) groups is 1. The molecule has 8 nitrogen and oxygen atoms in total. The molecule has 1 unspecified atom stereocenters. The highest BCUT2D eigenvalue weighted by Crippen LogP contribution is 2.20. The summed E-state index contributed by atoms with van der Waals surface area (Å²) in [7, 11) is 0. The van der Waals surface area contributed by atoms with Crippen LogP contribution in [0.25, 0.3) is 0 Å². The predicted molar refractivity (Wildman–Crippen MR) is 133 cm³/mol. The third-order valence-corrected chi connectivity index (χ3v) is 4.99. The van der Waals surface area contributed by atoms with Gasteiger partial charge in [0, 0.05) is 26.1 Å². The second kappa shape index (κ2) is 12.8. The second-order valence-corrected chi connectivity index (χ2v) is 7.83. The molecule has 0 saturated carbocycles. The summed E-state index contributed by atoms with van der Waals surface area (Å²) in [6, 6.07) is 7.57. The fourth-order valence-corrected chi connectivity index (χ4v) is 3.53. The molecule has 3 N–H and O–H groups in total. The summed E-state index contributed by atoms with van der Waals surface area (Å²) >= 11 is 0. The summed E-state index contributed by atoms with van der Waals surface area (Å²) in [4.78, 5) is 4.65. The molecule has 1 aromatic carbocycles. The number of aliphatic hydroxyl groups is 1. The molecule has 31 heavy (non-hydrogen) atoms. The molecule has 1 aliphatic rings. The van der Waals surface area contributed by atoms with Crippen LogP contribution in [-0.2, 0) is 19.5 Å². The Bertz CT molecular complexity index is 839. The second-order valence-electron chi connectivity index (χ2n) is 7.83. The maximum Gasteiger partial charge on any atom is 0.191 e. The lowest BCUT2D eigenvalue weighted by Crippen LogP contribution is -2.39. The van der Waals surface area contributed by atoms with Crippen LogP contribution in [0.15, 0.2) is 29.3 Å². The zero-order valence-corrected chi connectivity index (χ0v) is 21.0. The molecule has 0 spiro atoms. The number of benzene rings is 1. The number of nitrogens with one attached hydrogen (secondary N) is 2. The van der Waals surface area contributed by atoms with Gasteiger partial charge in [0.05, 0.1) is 12.2 Å². The maximum absolute atomic E-state index is 10.6. The lowest BCUT2D eigenvalue weighted by molar-refractivity contribution is 0.179. The average Bonchev–Trinajstić information content (AvgIpc) is 2.95. The van der Waals surface area contributed by atoms with E-state index in [1.807, 2.05) is 45.0 Å². The Labute approximate surface area is 201 Å². The van der Waals surface area contributed by atoms with Crippen LogP contribution >= 0.6 is 24.0 Å². The highest BCUT2D eigenvalue weighted by atomic mass is 127. The third-order valence-electron chi connectivity index (χ3n) is 4.99. The number of ether oxygens (including phenoxy) is 1. The van der Waals surface area contributed by atoms with Crippen molar-refractivity contribution in [3.63, 3.8) is 0 Å². The Balaban J connectivity index is 0.00000341. The van der Waals surface area contributed by atoms with Crippen molar-refractivity contribution in [2.45, 2.75) is 71.8 Å². The van der Waals surface area contributed by atoms with Crippen molar-refractivity contribution >= 4 is 29.9 Å². The van der Waals surface area contributed by atoms with E-state index < -0.39 is 6.10 Å². The van der Waals surface area contributed by atoms with Crippen LogP contribution in [-0.4, -0.2) is 45.0 Å². The van der Waals surface area contributed by atoms with Crippen molar-refractivity contribution in [2.24, 2.45) is 4.99 Å².